The number of hydrogen-bond acceptors (Lipinski definition) is 8. The Balaban J connectivity index is 1.63. The molecule has 9 nitrogen and oxygen atoms in total. The number of nitrogens with zero attached hydrogens (tertiary/aromatic N) is 2. The van der Waals surface area contributed by atoms with Crippen LogP contribution in [0.2, 0.25) is 0 Å². The Morgan fingerprint density at radius 3 is 2.43 bits per heavy atom. The monoisotopic (exact) mass is 435 g/mol. The summed E-state index contributed by atoms with van der Waals surface area (Å²) in [5, 5.41) is 9.94. The molecule has 158 valence electrons. The summed E-state index contributed by atoms with van der Waals surface area (Å²) in [5.41, 5.74) is 0.541. The Morgan fingerprint density at radius 1 is 1.07 bits per heavy atom. The fraction of sp³-hybridized carbons (Fsp3) is 0.211. The molecule has 0 radical (unpaired) electrons. The summed E-state index contributed by atoms with van der Waals surface area (Å²) in [6, 6.07) is 9.18. The molecule has 3 rings (SSSR count). The normalized spacial score (nSPS) is 11.2. The van der Waals surface area contributed by atoms with Crippen LogP contribution in [0, 0.1) is 5.82 Å². The molecule has 1 N–H and O–H groups in total. The minimum atomic E-state index is -3.74. The van der Waals surface area contributed by atoms with Crippen LogP contribution in [0.15, 0.2) is 51.8 Å². The molecule has 0 fully saturated rings. The van der Waals surface area contributed by atoms with E-state index in [9.17, 15) is 17.6 Å². The predicted octanol–water partition coefficient (Wildman–Crippen LogP) is 2.70. The van der Waals surface area contributed by atoms with E-state index in [4.69, 9.17) is 13.9 Å². The molecule has 3 aromatic rings. The van der Waals surface area contributed by atoms with Crippen molar-refractivity contribution in [1.82, 2.24) is 10.2 Å². The van der Waals surface area contributed by atoms with E-state index in [1.54, 1.807) is 18.2 Å². The molecule has 2 aromatic carbocycles. The molecule has 0 bridgehead atoms. The van der Waals surface area contributed by atoms with Crippen molar-refractivity contribution >= 4 is 21.8 Å². The number of nitrogens with one attached hydrogen (secondary N) is 1. The Bertz CT molecular complexity index is 1150. The van der Waals surface area contributed by atoms with Crippen LogP contribution in [0.1, 0.15) is 6.42 Å². The van der Waals surface area contributed by atoms with Crippen molar-refractivity contribution in [1.29, 1.82) is 0 Å². The lowest BCUT2D eigenvalue weighted by Crippen LogP contribution is -2.17. The number of sulfone groups is 1. The molecule has 0 aliphatic heterocycles. The second-order valence-electron chi connectivity index (χ2n) is 6.05. The lowest BCUT2D eigenvalue weighted by molar-refractivity contribution is -0.115. The molecule has 0 unspecified atom stereocenters. The van der Waals surface area contributed by atoms with Gasteiger partial charge in [-0.15, -0.1) is 5.10 Å². The fourth-order valence-corrected chi connectivity index (χ4v) is 3.77. The highest BCUT2D eigenvalue weighted by atomic mass is 32.2. The number of carbonyl (C=O) groups is 1. The first-order valence-electron chi connectivity index (χ1n) is 8.66. The minimum absolute atomic E-state index is 0.0646. The average molecular weight is 435 g/mol. The maximum Gasteiger partial charge on any atom is 0.322 e. The van der Waals surface area contributed by atoms with E-state index < -0.39 is 27.3 Å². The van der Waals surface area contributed by atoms with Crippen molar-refractivity contribution in [3.63, 3.8) is 0 Å². The van der Waals surface area contributed by atoms with E-state index in [0.29, 0.717) is 17.1 Å². The largest absolute Gasteiger partial charge is 0.493 e. The fourth-order valence-electron chi connectivity index (χ4n) is 2.53. The molecule has 30 heavy (non-hydrogen) atoms. The van der Waals surface area contributed by atoms with Crippen LogP contribution in [-0.2, 0) is 14.6 Å². The van der Waals surface area contributed by atoms with Crippen LogP contribution < -0.4 is 14.8 Å². The van der Waals surface area contributed by atoms with E-state index in [1.807, 2.05) is 0 Å². The van der Waals surface area contributed by atoms with Gasteiger partial charge in [0.25, 0.3) is 0 Å². The third-order valence-corrected chi connectivity index (χ3v) is 5.80. The van der Waals surface area contributed by atoms with Crippen molar-refractivity contribution in [2.75, 3.05) is 25.3 Å². The van der Waals surface area contributed by atoms with Gasteiger partial charge in [0.05, 0.1) is 24.9 Å². The molecule has 0 spiro atoms. The number of amides is 1. The third-order valence-electron chi connectivity index (χ3n) is 4.07. The van der Waals surface area contributed by atoms with Gasteiger partial charge in [-0.2, -0.15) is 0 Å². The molecular weight excluding hydrogens is 417 g/mol. The van der Waals surface area contributed by atoms with E-state index in [0.717, 1.165) is 24.3 Å². The second-order valence-corrected chi connectivity index (χ2v) is 8.16. The Kier molecular flexibility index (Phi) is 6.31. The van der Waals surface area contributed by atoms with Crippen LogP contribution in [0.4, 0.5) is 10.4 Å². The topological polar surface area (TPSA) is 121 Å². The van der Waals surface area contributed by atoms with Crippen LogP contribution in [-0.4, -0.2) is 44.5 Å². The van der Waals surface area contributed by atoms with Crippen LogP contribution in [0.25, 0.3) is 11.5 Å². The highest BCUT2D eigenvalue weighted by molar-refractivity contribution is 7.91. The van der Waals surface area contributed by atoms with Gasteiger partial charge < -0.3 is 13.9 Å². The first-order chi connectivity index (χ1) is 14.3. The average Bonchev–Trinajstić information content (AvgIpc) is 3.20. The standard InChI is InChI=1S/C19H18FN3O6S/c1-27-15-8-3-12(11-16(15)28-2)18-22-23-19(29-18)21-17(24)9-10-30(25,26)14-6-4-13(20)5-7-14/h3-8,11H,9-10H2,1-2H3,(H,21,23,24). The molecule has 11 heteroatoms. The molecule has 1 aromatic heterocycles. The molecule has 0 saturated carbocycles. The number of anilines is 1. The second kappa shape index (κ2) is 8.91. The zero-order chi connectivity index (χ0) is 21.7. The molecule has 1 heterocycles. The highest BCUT2D eigenvalue weighted by Gasteiger charge is 2.18. The Hall–Kier alpha value is -3.47. The van der Waals surface area contributed by atoms with Gasteiger partial charge in [0, 0.05) is 12.0 Å². The Morgan fingerprint density at radius 2 is 1.77 bits per heavy atom. The van der Waals surface area contributed by atoms with E-state index in [1.165, 1.54) is 14.2 Å². The lowest BCUT2D eigenvalue weighted by Gasteiger charge is -2.07. The number of carbonyl (C=O) groups excluding carboxylic acids is 1. The van der Waals surface area contributed by atoms with E-state index in [2.05, 4.69) is 15.5 Å². The Labute approximate surface area is 171 Å². The highest BCUT2D eigenvalue weighted by Crippen LogP contribution is 2.32. The van der Waals surface area contributed by atoms with Crippen molar-refractivity contribution in [3.05, 3.63) is 48.3 Å². The number of rotatable bonds is 8. The number of ether oxygens (including phenoxy) is 2. The summed E-state index contributed by atoms with van der Waals surface area (Å²) in [6.07, 6.45) is -0.340. The van der Waals surface area contributed by atoms with E-state index >= 15 is 0 Å². The number of aromatic nitrogens is 2. The summed E-state index contributed by atoms with van der Waals surface area (Å²) in [4.78, 5) is 12.0. The lowest BCUT2D eigenvalue weighted by atomic mass is 10.2. The molecule has 0 aliphatic carbocycles. The molecule has 1 amide bonds. The smallest absolute Gasteiger partial charge is 0.322 e. The molecule has 0 atom stereocenters. The SMILES string of the molecule is COc1ccc(-c2nnc(NC(=O)CCS(=O)(=O)c3ccc(F)cc3)o2)cc1OC. The summed E-state index contributed by atoms with van der Waals surface area (Å²) in [7, 11) is -0.741. The molecule has 0 saturated heterocycles. The van der Waals surface area contributed by atoms with Crippen LogP contribution >= 0.6 is 0 Å². The van der Waals surface area contributed by atoms with Crippen molar-refractivity contribution in [3.8, 4) is 23.0 Å². The van der Waals surface area contributed by atoms with Gasteiger partial charge in [-0.1, -0.05) is 5.10 Å². The van der Waals surface area contributed by atoms with Crippen LogP contribution in [0.3, 0.4) is 0 Å². The van der Waals surface area contributed by atoms with E-state index in [-0.39, 0.29) is 23.2 Å². The summed E-state index contributed by atoms with van der Waals surface area (Å²) in [6.45, 7) is 0. The molecule has 0 aliphatic rings. The number of hydrogen-bond donors (Lipinski definition) is 1. The first kappa shape index (κ1) is 21.2. The zero-order valence-electron chi connectivity index (χ0n) is 16.1. The van der Waals surface area contributed by atoms with Gasteiger partial charge in [0.15, 0.2) is 21.3 Å². The van der Waals surface area contributed by atoms with Gasteiger partial charge in [-0.05, 0) is 42.5 Å². The number of benzene rings is 2. The first-order valence-corrected chi connectivity index (χ1v) is 10.3. The molecular formula is C19H18FN3O6S. The summed E-state index contributed by atoms with van der Waals surface area (Å²) in [5.74, 6) is -0.510. The summed E-state index contributed by atoms with van der Waals surface area (Å²) >= 11 is 0. The van der Waals surface area contributed by atoms with Crippen LogP contribution in [0.5, 0.6) is 11.5 Å². The van der Waals surface area contributed by atoms with Crippen molar-refractivity contribution < 1.29 is 31.5 Å². The third kappa shape index (κ3) is 4.92. The zero-order valence-corrected chi connectivity index (χ0v) is 16.9. The quantitative estimate of drug-likeness (QED) is 0.536. The maximum atomic E-state index is 12.9. The number of methoxy groups -OCH3 is 2. The van der Waals surface area contributed by atoms with Gasteiger partial charge >= 0.3 is 6.01 Å². The minimum Gasteiger partial charge on any atom is -0.493 e. The van der Waals surface area contributed by atoms with Gasteiger partial charge in [-0.3, -0.25) is 10.1 Å². The van der Waals surface area contributed by atoms with Gasteiger partial charge in [0.1, 0.15) is 5.82 Å². The predicted molar refractivity (Wildman–Crippen MR) is 105 cm³/mol. The van der Waals surface area contributed by atoms with Gasteiger partial charge in [0.2, 0.25) is 11.8 Å². The number of halogens is 1. The van der Waals surface area contributed by atoms with Crippen molar-refractivity contribution in [2.45, 2.75) is 11.3 Å². The summed E-state index contributed by atoms with van der Waals surface area (Å²) < 4.78 is 53.2. The van der Waals surface area contributed by atoms with Crippen molar-refractivity contribution in [2.24, 2.45) is 0 Å². The van der Waals surface area contributed by atoms with Gasteiger partial charge in [-0.25, -0.2) is 12.8 Å². The maximum absolute atomic E-state index is 12.9.